The van der Waals surface area contributed by atoms with Gasteiger partial charge in [-0.15, -0.1) is 0 Å². The van der Waals surface area contributed by atoms with E-state index in [0.29, 0.717) is 0 Å². The van der Waals surface area contributed by atoms with Crippen LogP contribution in [-0.4, -0.2) is 54.7 Å². The second-order valence-corrected chi connectivity index (χ2v) is 6.39. The second kappa shape index (κ2) is 8.96. The van der Waals surface area contributed by atoms with E-state index in [1.165, 1.54) is 57.2 Å². The highest BCUT2D eigenvalue weighted by atomic mass is 16.6. The highest BCUT2D eigenvalue weighted by Crippen LogP contribution is 2.27. The molecule has 0 aliphatic carbocycles. The van der Waals surface area contributed by atoms with Gasteiger partial charge in [-0.2, -0.15) is 0 Å². The monoisotopic (exact) mass is 399 g/mol. The van der Waals surface area contributed by atoms with E-state index in [-0.39, 0.29) is 28.1 Å². The van der Waals surface area contributed by atoms with E-state index in [0.717, 1.165) is 6.07 Å². The smallest absolute Gasteiger partial charge is 0.339 e. The first-order valence-corrected chi connectivity index (χ1v) is 8.69. The van der Waals surface area contributed by atoms with Crippen LogP contribution < -0.4 is 5.32 Å². The number of esters is 1. The summed E-state index contributed by atoms with van der Waals surface area (Å²) in [5, 5.41) is 13.9. The first-order chi connectivity index (χ1) is 13.7. The van der Waals surface area contributed by atoms with Gasteiger partial charge in [0.25, 0.3) is 11.6 Å². The van der Waals surface area contributed by atoms with E-state index >= 15 is 0 Å². The Morgan fingerprint density at radius 1 is 1.10 bits per heavy atom. The van der Waals surface area contributed by atoms with E-state index < -0.39 is 28.7 Å². The molecule has 0 aromatic heterocycles. The van der Waals surface area contributed by atoms with Crippen molar-refractivity contribution >= 4 is 29.0 Å². The van der Waals surface area contributed by atoms with Crippen LogP contribution in [0.3, 0.4) is 0 Å². The van der Waals surface area contributed by atoms with Crippen molar-refractivity contribution < 1.29 is 24.0 Å². The Hall–Kier alpha value is -3.75. The molecular weight excluding hydrogens is 378 g/mol. The quantitative estimate of drug-likeness (QED) is 0.329. The summed E-state index contributed by atoms with van der Waals surface area (Å²) in [7, 11) is 4.60. The molecular formula is C20H21N3O6. The van der Waals surface area contributed by atoms with Crippen molar-refractivity contribution in [2.75, 3.05) is 26.5 Å². The zero-order valence-electron chi connectivity index (χ0n) is 16.5. The van der Waals surface area contributed by atoms with Gasteiger partial charge in [0.15, 0.2) is 11.9 Å². The normalized spacial score (nSPS) is 11.3. The summed E-state index contributed by atoms with van der Waals surface area (Å²) in [5.41, 5.74) is 0.0389. The third-order valence-corrected chi connectivity index (χ3v) is 4.19. The van der Waals surface area contributed by atoms with Gasteiger partial charge in [0.2, 0.25) is 0 Å². The standard InChI is InChI=1S/C20H21N3O6/c1-12(19(25)22(3)4)29-20(26)15-8-6-5-7-14(15)18(24)13-9-10-16(21-2)17(11-13)23(27)28/h5-12,21H,1-4H3/t12-/m1/s1. The summed E-state index contributed by atoms with van der Waals surface area (Å²) in [5.74, 6) is -1.81. The van der Waals surface area contributed by atoms with Crippen molar-refractivity contribution in [2.45, 2.75) is 13.0 Å². The number of nitrogens with zero attached hydrogens (tertiary/aromatic N) is 2. The average molecular weight is 399 g/mol. The molecule has 1 atom stereocenters. The molecule has 0 unspecified atom stereocenters. The maximum atomic E-state index is 12.9. The highest BCUT2D eigenvalue weighted by Gasteiger charge is 2.25. The lowest BCUT2D eigenvalue weighted by Crippen LogP contribution is -2.35. The number of carbonyl (C=O) groups is 3. The molecule has 1 N–H and O–H groups in total. The van der Waals surface area contributed by atoms with Crippen LogP contribution in [0.5, 0.6) is 0 Å². The first kappa shape index (κ1) is 21.5. The molecule has 0 fully saturated rings. The van der Waals surface area contributed by atoms with Gasteiger partial charge in [0, 0.05) is 38.3 Å². The Kier molecular flexibility index (Phi) is 6.66. The molecule has 152 valence electrons. The Balaban J connectivity index is 2.39. The Morgan fingerprint density at radius 3 is 2.28 bits per heavy atom. The van der Waals surface area contributed by atoms with Gasteiger partial charge in [0.05, 0.1) is 10.5 Å². The first-order valence-electron chi connectivity index (χ1n) is 8.69. The Bertz CT molecular complexity index is 970. The van der Waals surface area contributed by atoms with Crippen LogP contribution in [0.1, 0.15) is 33.2 Å². The Morgan fingerprint density at radius 2 is 1.72 bits per heavy atom. The van der Waals surface area contributed by atoms with E-state index in [1.54, 1.807) is 12.1 Å². The van der Waals surface area contributed by atoms with Crippen molar-refractivity contribution in [1.82, 2.24) is 4.90 Å². The lowest BCUT2D eigenvalue weighted by molar-refractivity contribution is -0.384. The maximum absolute atomic E-state index is 12.9. The summed E-state index contributed by atoms with van der Waals surface area (Å²) in [6.07, 6.45) is -1.03. The average Bonchev–Trinajstić information content (AvgIpc) is 2.71. The predicted octanol–water partition coefficient (Wildman–Crippen LogP) is 2.50. The molecule has 9 nitrogen and oxygen atoms in total. The molecule has 0 saturated heterocycles. The number of rotatable bonds is 7. The fraction of sp³-hybridized carbons (Fsp3) is 0.250. The van der Waals surface area contributed by atoms with Crippen molar-refractivity contribution in [1.29, 1.82) is 0 Å². The van der Waals surface area contributed by atoms with E-state index in [4.69, 9.17) is 4.74 Å². The number of carbonyl (C=O) groups excluding carboxylic acids is 3. The molecule has 0 spiro atoms. The zero-order chi connectivity index (χ0) is 21.7. The van der Waals surface area contributed by atoms with Crippen LogP contribution in [0.4, 0.5) is 11.4 Å². The summed E-state index contributed by atoms with van der Waals surface area (Å²) >= 11 is 0. The minimum absolute atomic E-state index is 0.0218. The fourth-order valence-electron chi connectivity index (χ4n) is 2.69. The van der Waals surface area contributed by atoms with Crippen LogP contribution in [0.2, 0.25) is 0 Å². The Labute approximate surface area is 167 Å². The van der Waals surface area contributed by atoms with Crippen molar-refractivity contribution in [3.8, 4) is 0 Å². The maximum Gasteiger partial charge on any atom is 0.339 e. The van der Waals surface area contributed by atoms with Crippen LogP contribution in [0.15, 0.2) is 42.5 Å². The van der Waals surface area contributed by atoms with E-state index in [1.807, 2.05) is 0 Å². The number of ether oxygens (including phenoxy) is 1. The molecule has 2 rings (SSSR count). The second-order valence-electron chi connectivity index (χ2n) is 6.39. The van der Waals surface area contributed by atoms with Gasteiger partial charge in [-0.3, -0.25) is 19.7 Å². The minimum Gasteiger partial charge on any atom is -0.449 e. The molecule has 2 aromatic carbocycles. The number of nitrogens with one attached hydrogen (secondary N) is 1. The van der Waals surface area contributed by atoms with Crippen LogP contribution in [0.25, 0.3) is 0 Å². The molecule has 0 radical (unpaired) electrons. The summed E-state index contributed by atoms with van der Waals surface area (Å²) < 4.78 is 5.18. The minimum atomic E-state index is -1.03. The molecule has 1 amide bonds. The van der Waals surface area contributed by atoms with E-state index in [2.05, 4.69) is 5.32 Å². The summed E-state index contributed by atoms with van der Waals surface area (Å²) in [6.45, 7) is 1.44. The van der Waals surface area contributed by atoms with Gasteiger partial charge < -0.3 is 15.0 Å². The fourth-order valence-corrected chi connectivity index (χ4v) is 2.69. The van der Waals surface area contributed by atoms with Gasteiger partial charge in [0.1, 0.15) is 5.69 Å². The molecule has 0 bridgehead atoms. The number of amides is 1. The zero-order valence-corrected chi connectivity index (χ0v) is 16.5. The number of hydrogen-bond acceptors (Lipinski definition) is 7. The van der Waals surface area contributed by atoms with Gasteiger partial charge in [-0.05, 0) is 25.1 Å². The van der Waals surface area contributed by atoms with Crippen molar-refractivity contribution in [3.05, 3.63) is 69.3 Å². The third-order valence-electron chi connectivity index (χ3n) is 4.19. The molecule has 0 heterocycles. The van der Waals surface area contributed by atoms with Crippen molar-refractivity contribution in [2.24, 2.45) is 0 Å². The number of anilines is 1. The lowest BCUT2D eigenvalue weighted by atomic mass is 9.97. The number of nitro groups is 1. The van der Waals surface area contributed by atoms with Crippen LogP contribution in [0, 0.1) is 10.1 Å². The largest absolute Gasteiger partial charge is 0.449 e. The molecule has 0 aliphatic rings. The van der Waals surface area contributed by atoms with Crippen LogP contribution in [-0.2, 0) is 9.53 Å². The molecule has 9 heteroatoms. The molecule has 2 aromatic rings. The van der Waals surface area contributed by atoms with Crippen molar-refractivity contribution in [3.63, 3.8) is 0 Å². The number of likely N-dealkylation sites (N-methyl/N-ethyl adjacent to an activating group) is 1. The number of hydrogen-bond donors (Lipinski definition) is 1. The van der Waals surface area contributed by atoms with Crippen LogP contribution >= 0.6 is 0 Å². The lowest BCUT2D eigenvalue weighted by Gasteiger charge is -2.18. The third kappa shape index (κ3) is 4.75. The van der Waals surface area contributed by atoms with Gasteiger partial charge >= 0.3 is 5.97 Å². The number of benzene rings is 2. The molecule has 29 heavy (non-hydrogen) atoms. The SMILES string of the molecule is CNc1ccc(C(=O)c2ccccc2C(=O)O[C@H](C)C(=O)N(C)C)cc1[N+](=O)[O-]. The number of nitro benzene ring substituents is 1. The topological polar surface area (TPSA) is 119 Å². The molecule has 0 saturated carbocycles. The highest BCUT2D eigenvalue weighted by molar-refractivity contribution is 6.15. The molecule has 0 aliphatic heterocycles. The van der Waals surface area contributed by atoms with Gasteiger partial charge in [-0.25, -0.2) is 4.79 Å². The number of ketones is 1. The predicted molar refractivity (Wildman–Crippen MR) is 106 cm³/mol. The summed E-state index contributed by atoms with van der Waals surface area (Å²) in [4.78, 5) is 49.4. The van der Waals surface area contributed by atoms with Gasteiger partial charge in [-0.1, -0.05) is 18.2 Å². The summed E-state index contributed by atoms with van der Waals surface area (Å²) in [6, 6.07) is 9.95. The van der Waals surface area contributed by atoms with E-state index in [9.17, 15) is 24.5 Å².